The highest BCUT2D eigenvalue weighted by Crippen LogP contribution is 2.44. The largest absolute Gasteiger partial charge is 0.481 e. The van der Waals surface area contributed by atoms with E-state index in [0.29, 0.717) is 6.42 Å². The fourth-order valence-corrected chi connectivity index (χ4v) is 4.28. The minimum absolute atomic E-state index is 0.0530. The minimum atomic E-state index is -1.29. The summed E-state index contributed by atoms with van der Waals surface area (Å²) >= 11 is 0. The standard InChI is InChI=1S/C26H29N3O6/c30-23(28-16-11-12-16)10-5-13-27-25(33)22(14-24(31)32)29-26(34)35-15-21-19-8-3-1-6-17(19)18-7-2-4-9-20(18)21/h1-4,6-9,16,21-22H,5,10-15H2,(H,27,33)(H,28,30)(H,29,34)(H,31,32). The maximum Gasteiger partial charge on any atom is 0.407 e. The number of ether oxygens (including phenoxy) is 1. The van der Waals surface area contributed by atoms with Gasteiger partial charge < -0.3 is 25.8 Å². The molecule has 2 aliphatic rings. The van der Waals surface area contributed by atoms with Crippen LogP contribution in [0.3, 0.4) is 0 Å². The molecule has 9 nitrogen and oxygen atoms in total. The number of fused-ring (bicyclic) bond motifs is 3. The Labute approximate surface area is 203 Å². The number of hydrogen-bond acceptors (Lipinski definition) is 5. The first-order chi connectivity index (χ1) is 16.9. The van der Waals surface area contributed by atoms with Crippen LogP contribution in [-0.2, 0) is 19.1 Å². The first kappa shape index (κ1) is 24.3. The highest BCUT2D eigenvalue weighted by atomic mass is 16.5. The van der Waals surface area contributed by atoms with Gasteiger partial charge in [-0.25, -0.2) is 4.79 Å². The molecule has 35 heavy (non-hydrogen) atoms. The lowest BCUT2D eigenvalue weighted by Gasteiger charge is -2.18. The predicted molar refractivity (Wildman–Crippen MR) is 128 cm³/mol. The molecular weight excluding hydrogens is 450 g/mol. The van der Waals surface area contributed by atoms with Gasteiger partial charge in [0.1, 0.15) is 12.6 Å². The maximum atomic E-state index is 12.5. The predicted octanol–water partition coefficient (Wildman–Crippen LogP) is 2.54. The molecule has 2 aromatic carbocycles. The van der Waals surface area contributed by atoms with Crippen molar-refractivity contribution in [2.24, 2.45) is 0 Å². The lowest BCUT2D eigenvalue weighted by Crippen LogP contribution is -2.48. The average Bonchev–Trinajstić information content (AvgIpc) is 3.59. The third kappa shape index (κ3) is 6.38. The van der Waals surface area contributed by atoms with Crippen LogP contribution in [0.1, 0.15) is 49.1 Å². The van der Waals surface area contributed by atoms with Crippen molar-refractivity contribution in [3.63, 3.8) is 0 Å². The van der Waals surface area contributed by atoms with Crippen molar-refractivity contribution >= 4 is 23.9 Å². The molecular formula is C26H29N3O6. The molecule has 2 aromatic rings. The van der Waals surface area contributed by atoms with Crippen molar-refractivity contribution < 1.29 is 29.0 Å². The number of carboxylic acids is 1. The van der Waals surface area contributed by atoms with E-state index in [0.717, 1.165) is 35.1 Å². The van der Waals surface area contributed by atoms with E-state index < -0.39 is 30.4 Å². The number of carbonyl (C=O) groups excluding carboxylic acids is 3. The second kappa shape index (κ2) is 11.0. The molecule has 0 radical (unpaired) electrons. The van der Waals surface area contributed by atoms with Crippen LogP contribution in [0.15, 0.2) is 48.5 Å². The van der Waals surface area contributed by atoms with E-state index >= 15 is 0 Å². The molecule has 0 spiro atoms. The van der Waals surface area contributed by atoms with Crippen molar-refractivity contribution in [3.8, 4) is 11.1 Å². The summed E-state index contributed by atoms with van der Waals surface area (Å²) in [6, 6.07) is 14.8. The van der Waals surface area contributed by atoms with Crippen LogP contribution in [0.5, 0.6) is 0 Å². The molecule has 184 valence electrons. The summed E-state index contributed by atoms with van der Waals surface area (Å²) in [6.45, 7) is 0.247. The van der Waals surface area contributed by atoms with Crippen LogP contribution < -0.4 is 16.0 Å². The van der Waals surface area contributed by atoms with Gasteiger partial charge >= 0.3 is 12.1 Å². The van der Waals surface area contributed by atoms with Crippen molar-refractivity contribution in [2.45, 2.75) is 50.1 Å². The Bertz CT molecular complexity index is 1070. The fraction of sp³-hybridized carbons (Fsp3) is 0.385. The zero-order valence-electron chi connectivity index (χ0n) is 19.3. The number of rotatable bonds is 11. The van der Waals surface area contributed by atoms with Gasteiger partial charge in [0.15, 0.2) is 0 Å². The second-order valence-corrected chi connectivity index (χ2v) is 8.86. The summed E-state index contributed by atoms with van der Waals surface area (Å²) in [6.07, 6.45) is 1.23. The number of aliphatic carboxylic acids is 1. The molecule has 1 atom stereocenters. The molecule has 1 saturated carbocycles. The molecule has 0 saturated heterocycles. The van der Waals surface area contributed by atoms with E-state index in [4.69, 9.17) is 4.74 Å². The Morgan fingerprint density at radius 2 is 1.60 bits per heavy atom. The molecule has 4 rings (SSSR count). The molecule has 1 unspecified atom stereocenters. The van der Waals surface area contributed by atoms with Gasteiger partial charge in [-0.3, -0.25) is 14.4 Å². The number of amides is 3. The Morgan fingerprint density at radius 3 is 2.20 bits per heavy atom. The summed E-state index contributed by atoms with van der Waals surface area (Å²) < 4.78 is 5.43. The number of carboxylic acid groups (broad SMARTS) is 1. The number of hydrogen-bond donors (Lipinski definition) is 4. The van der Waals surface area contributed by atoms with E-state index in [-0.39, 0.29) is 37.4 Å². The van der Waals surface area contributed by atoms with Gasteiger partial charge in [0, 0.05) is 24.9 Å². The highest BCUT2D eigenvalue weighted by Gasteiger charge is 2.30. The summed E-state index contributed by atoms with van der Waals surface area (Å²) in [5.41, 5.74) is 4.27. The second-order valence-electron chi connectivity index (χ2n) is 8.86. The number of alkyl carbamates (subject to hydrolysis) is 1. The lowest BCUT2D eigenvalue weighted by molar-refractivity contribution is -0.139. The van der Waals surface area contributed by atoms with Crippen LogP contribution in [0.2, 0.25) is 0 Å². The molecule has 9 heteroatoms. The zero-order chi connectivity index (χ0) is 24.8. The zero-order valence-corrected chi connectivity index (χ0v) is 19.3. The van der Waals surface area contributed by atoms with E-state index in [1.165, 1.54) is 0 Å². The van der Waals surface area contributed by atoms with Crippen LogP contribution in [0, 0.1) is 0 Å². The summed E-state index contributed by atoms with van der Waals surface area (Å²) in [7, 11) is 0. The molecule has 1 fully saturated rings. The van der Waals surface area contributed by atoms with E-state index in [2.05, 4.69) is 16.0 Å². The molecule has 0 bridgehead atoms. The number of nitrogens with one attached hydrogen (secondary N) is 3. The van der Waals surface area contributed by atoms with E-state index in [1.54, 1.807) is 0 Å². The van der Waals surface area contributed by atoms with Crippen molar-refractivity contribution in [3.05, 3.63) is 59.7 Å². The summed E-state index contributed by atoms with van der Waals surface area (Å²) in [5, 5.41) is 17.0. The first-order valence-corrected chi connectivity index (χ1v) is 11.8. The van der Waals surface area contributed by atoms with Crippen molar-refractivity contribution in [2.75, 3.05) is 13.2 Å². The van der Waals surface area contributed by atoms with Gasteiger partial charge in [0.05, 0.1) is 6.42 Å². The van der Waals surface area contributed by atoms with Crippen molar-refractivity contribution in [1.29, 1.82) is 0 Å². The van der Waals surface area contributed by atoms with Crippen LogP contribution >= 0.6 is 0 Å². The van der Waals surface area contributed by atoms with Gasteiger partial charge in [0.2, 0.25) is 11.8 Å². The van der Waals surface area contributed by atoms with Gasteiger partial charge in [-0.15, -0.1) is 0 Å². The molecule has 3 amide bonds. The van der Waals surface area contributed by atoms with Gasteiger partial charge in [-0.05, 0) is 41.5 Å². The SMILES string of the molecule is O=C(O)CC(NC(=O)OCC1c2ccccc2-c2ccccc21)C(=O)NCCCC(=O)NC1CC1. The summed E-state index contributed by atoms with van der Waals surface area (Å²) in [5.74, 6) is -2.08. The monoisotopic (exact) mass is 479 g/mol. The normalized spacial score (nSPS) is 14.9. The Kier molecular flexibility index (Phi) is 7.64. The van der Waals surface area contributed by atoms with Crippen molar-refractivity contribution in [1.82, 2.24) is 16.0 Å². The number of benzene rings is 2. The number of carbonyl (C=O) groups is 4. The lowest BCUT2D eigenvalue weighted by atomic mass is 9.98. The third-order valence-corrected chi connectivity index (χ3v) is 6.15. The molecule has 0 heterocycles. The topological polar surface area (TPSA) is 134 Å². The molecule has 4 N–H and O–H groups in total. The maximum absolute atomic E-state index is 12.5. The van der Waals surface area contributed by atoms with Gasteiger partial charge in [0.25, 0.3) is 0 Å². The van der Waals surface area contributed by atoms with Crippen LogP contribution in [0.4, 0.5) is 4.79 Å². The molecule has 0 aliphatic heterocycles. The highest BCUT2D eigenvalue weighted by molar-refractivity contribution is 5.89. The molecule has 2 aliphatic carbocycles. The van der Waals surface area contributed by atoms with Gasteiger partial charge in [-0.2, -0.15) is 0 Å². The van der Waals surface area contributed by atoms with Gasteiger partial charge in [-0.1, -0.05) is 48.5 Å². The minimum Gasteiger partial charge on any atom is -0.481 e. The first-order valence-electron chi connectivity index (χ1n) is 11.8. The quantitative estimate of drug-likeness (QED) is 0.366. The summed E-state index contributed by atoms with van der Waals surface area (Å²) in [4.78, 5) is 47.9. The van der Waals surface area contributed by atoms with Crippen LogP contribution in [-0.4, -0.2) is 54.2 Å². The van der Waals surface area contributed by atoms with Crippen LogP contribution in [0.25, 0.3) is 11.1 Å². The van der Waals surface area contributed by atoms with E-state index in [1.807, 2.05) is 48.5 Å². The smallest absolute Gasteiger partial charge is 0.407 e. The Balaban J connectivity index is 1.28. The van der Waals surface area contributed by atoms with E-state index in [9.17, 15) is 24.3 Å². The Hall–Kier alpha value is -3.88. The fourth-order valence-electron chi connectivity index (χ4n) is 4.28. The third-order valence-electron chi connectivity index (χ3n) is 6.15. The molecule has 0 aromatic heterocycles. The average molecular weight is 480 g/mol. The Morgan fingerprint density at radius 1 is 0.971 bits per heavy atom.